The second-order valence-electron chi connectivity index (χ2n) is 6.15. The largest absolute Gasteiger partial charge is 0.480 e. The Bertz CT molecular complexity index is 985. The fourth-order valence-corrected chi connectivity index (χ4v) is 3.01. The van der Waals surface area contributed by atoms with Crippen molar-refractivity contribution in [1.82, 2.24) is 10.3 Å². The molecule has 0 aliphatic rings. The number of carboxylic acid groups (broad SMARTS) is 1. The van der Waals surface area contributed by atoms with Crippen LogP contribution in [-0.4, -0.2) is 28.0 Å². The minimum absolute atomic E-state index is 0.0368. The van der Waals surface area contributed by atoms with Crippen molar-refractivity contribution in [2.24, 2.45) is 5.92 Å². The Morgan fingerprint density at radius 2 is 1.65 bits per heavy atom. The zero-order valence-corrected chi connectivity index (χ0v) is 14.1. The average molecular weight is 347 g/mol. The summed E-state index contributed by atoms with van der Waals surface area (Å²) in [4.78, 5) is 29.1. The molecule has 1 heterocycles. The van der Waals surface area contributed by atoms with E-state index < -0.39 is 23.8 Å². The lowest BCUT2D eigenvalue weighted by Gasteiger charge is -2.20. The highest BCUT2D eigenvalue weighted by Crippen LogP contribution is 2.26. The van der Waals surface area contributed by atoms with Crippen LogP contribution in [0.3, 0.4) is 0 Å². The fourth-order valence-electron chi connectivity index (χ4n) is 3.01. The number of carboxylic acids is 1. The molecule has 2 aromatic carbocycles. The molecule has 0 aliphatic heterocycles. The van der Waals surface area contributed by atoms with E-state index in [-0.39, 0.29) is 6.42 Å². The van der Waals surface area contributed by atoms with Gasteiger partial charge in [0.1, 0.15) is 6.04 Å². The molecule has 6 nitrogen and oxygen atoms in total. The molecule has 1 amide bonds. The first-order valence-corrected chi connectivity index (χ1v) is 8.21. The van der Waals surface area contributed by atoms with Gasteiger partial charge in [-0.1, -0.05) is 43.3 Å². The van der Waals surface area contributed by atoms with E-state index >= 15 is 0 Å². The Morgan fingerprint density at radius 1 is 1.12 bits per heavy atom. The van der Waals surface area contributed by atoms with Gasteiger partial charge in [0.2, 0.25) is 0 Å². The third kappa shape index (κ3) is 3.20. The summed E-state index contributed by atoms with van der Waals surface area (Å²) in [6.45, 7) is 1.63. The minimum atomic E-state index is -1.16. The first kappa shape index (κ1) is 17.4. The number of aromatic nitrogens is 1. The van der Waals surface area contributed by atoms with Crippen LogP contribution >= 0.6 is 0 Å². The molecule has 130 valence electrons. The zero-order chi connectivity index (χ0) is 18.7. The van der Waals surface area contributed by atoms with E-state index in [9.17, 15) is 14.7 Å². The molecular weight excluding hydrogens is 330 g/mol. The summed E-state index contributed by atoms with van der Waals surface area (Å²) in [6, 6.07) is 15.3. The molecule has 0 aliphatic carbocycles. The van der Waals surface area contributed by atoms with E-state index in [1.54, 1.807) is 19.1 Å². The molecule has 0 unspecified atom stereocenters. The molecule has 3 rings (SSSR count). The van der Waals surface area contributed by atoms with Crippen LogP contribution in [0.4, 0.5) is 0 Å². The summed E-state index contributed by atoms with van der Waals surface area (Å²) >= 11 is 0. The molecule has 0 spiro atoms. The van der Waals surface area contributed by atoms with Gasteiger partial charge in [-0.25, -0.2) is 9.78 Å². The maximum absolute atomic E-state index is 13.0. The van der Waals surface area contributed by atoms with Crippen LogP contribution in [0.2, 0.25) is 0 Å². The predicted molar refractivity (Wildman–Crippen MR) is 97.5 cm³/mol. The summed E-state index contributed by atoms with van der Waals surface area (Å²) in [5.74, 6) is -2.17. The van der Waals surface area contributed by atoms with Gasteiger partial charge in [-0.15, -0.1) is 0 Å². The molecular formula is C20H17N3O3. The topological polar surface area (TPSA) is 103 Å². The van der Waals surface area contributed by atoms with Crippen LogP contribution in [0.1, 0.15) is 23.7 Å². The van der Waals surface area contributed by atoms with E-state index in [1.165, 1.54) is 0 Å². The molecule has 26 heavy (non-hydrogen) atoms. The highest BCUT2D eigenvalue weighted by Gasteiger charge is 2.28. The number of nitriles is 1. The standard InChI is InChI=1S/C20H17N3O3/c1-12(10-11-21)18(20(25)26)23-19(24)17-13-6-2-4-8-15(13)22-16-9-5-3-7-14(16)17/h2-9,12,18H,10H2,1H3,(H,23,24)(H,25,26)/t12-,18-/m0/s1. The van der Waals surface area contributed by atoms with Gasteiger partial charge in [0, 0.05) is 23.1 Å². The van der Waals surface area contributed by atoms with Crippen LogP contribution in [-0.2, 0) is 4.79 Å². The van der Waals surface area contributed by atoms with E-state index in [0.717, 1.165) is 0 Å². The fraction of sp³-hybridized carbons (Fsp3) is 0.200. The first-order valence-electron chi connectivity index (χ1n) is 8.21. The summed E-state index contributed by atoms with van der Waals surface area (Å²) in [6.07, 6.45) is 0.0368. The third-order valence-electron chi connectivity index (χ3n) is 4.35. The zero-order valence-electron chi connectivity index (χ0n) is 14.1. The highest BCUT2D eigenvalue weighted by atomic mass is 16.4. The van der Waals surface area contributed by atoms with Crippen LogP contribution in [0.25, 0.3) is 21.8 Å². The van der Waals surface area contributed by atoms with Crippen molar-refractivity contribution >= 4 is 33.7 Å². The summed E-state index contributed by atoms with van der Waals surface area (Å²) in [5.41, 5.74) is 1.71. The van der Waals surface area contributed by atoms with E-state index in [0.29, 0.717) is 27.4 Å². The SMILES string of the molecule is C[C@@H](CC#N)[C@H](NC(=O)c1c2ccccc2nc2ccccc12)C(=O)O. The summed E-state index contributed by atoms with van der Waals surface area (Å²) in [7, 11) is 0. The van der Waals surface area contributed by atoms with Gasteiger partial charge in [0.25, 0.3) is 5.91 Å². The molecule has 6 heteroatoms. The third-order valence-corrected chi connectivity index (χ3v) is 4.35. The molecule has 0 fully saturated rings. The van der Waals surface area contributed by atoms with Gasteiger partial charge in [-0.3, -0.25) is 4.79 Å². The van der Waals surface area contributed by atoms with Crippen molar-refractivity contribution in [3.63, 3.8) is 0 Å². The maximum atomic E-state index is 13.0. The molecule has 2 atom stereocenters. The van der Waals surface area contributed by atoms with Crippen molar-refractivity contribution in [1.29, 1.82) is 5.26 Å². The number of nitrogens with one attached hydrogen (secondary N) is 1. The van der Waals surface area contributed by atoms with Crippen molar-refractivity contribution in [3.05, 3.63) is 54.1 Å². The molecule has 3 aromatic rings. The van der Waals surface area contributed by atoms with Gasteiger partial charge in [-0.05, 0) is 12.1 Å². The average Bonchev–Trinajstić information content (AvgIpc) is 2.63. The minimum Gasteiger partial charge on any atom is -0.480 e. The first-order chi connectivity index (χ1) is 12.5. The quantitative estimate of drug-likeness (QED) is 0.690. The molecule has 0 bridgehead atoms. The number of hydrogen-bond donors (Lipinski definition) is 2. The van der Waals surface area contributed by atoms with Gasteiger partial charge in [-0.2, -0.15) is 5.26 Å². The molecule has 2 N–H and O–H groups in total. The van der Waals surface area contributed by atoms with Crippen molar-refractivity contribution < 1.29 is 14.7 Å². The maximum Gasteiger partial charge on any atom is 0.326 e. The highest BCUT2D eigenvalue weighted by molar-refractivity contribution is 6.16. The molecule has 0 saturated carbocycles. The number of hydrogen-bond acceptors (Lipinski definition) is 4. The molecule has 0 saturated heterocycles. The number of amides is 1. The Morgan fingerprint density at radius 3 is 2.15 bits per heavy atom. The van der Waals surface area contributed by atoms with Crippen molar-refractivity contribution in [2.75, 3.05) is 0 Å². The molecule has 0 radical (unpaired) electrons. The Balaban J connectivity index is 2.12. The van der Waals surface area contributed by atoms with Gasteiger partial charge in [0.05, 0.1) is 22.7 Å². The monoisotopic (exact) mass is 347 g/mol. The summed E-state index contributed by atoms with van der Waals surface area (Å²) in [5, 5.41) is 22.2. The number of nitrogens with zero attached hydrogens (tertiary/aromatic N) is 2. The lowest BCUT2D eigenvalue weighted by Crippen LogP contribution is -2.45. The van der Waals surface area contributed by atoms with Gasteiger partial charge in [0.15, 0.2) is 0 Å². The molecule has 1 aromatic heterocycles. The number of rotatable bonds is 5. The Kier molecular flexibility index (Phi) is 4.81. The Labute approximate surface area is 150 Å². The lowest BCUT2D eigenvalue weighted by atomic mass is 9.97. The van der Waals surface area contributed by atoms with E-state index in [1.807, 2.05) is 42.5 Å². The van der Waals surface area contributed by atoms with Gasteiger partial charge >= 0.3 is 5.97 Å². The number of carbonyl (C=O) groups is 2. The van der Waals surface area contributed by atoms with Crippen LogP contribution in [0, 0.1) is 17.2 Å². The second kappa shape index (κ2) is 7.19. The smallest absolute Gasteiger partial charge is 0.326 e. The lowest BCUT2D eigenvalue weighted by molar-refractivity contribution is -0.140. The number of fused-ring (bicyclic) bond motifs is 2. The number of benzene rings is 2. The predicted octanol–water partition coefficient (Wildman–Crippen LogP) is 3.12. The number of carbonyl (C=O) groups excluding carboxylic acids is 1. The normalized spacial score (nSPS) is 13.1. The number of pyridine rings is 1. The van der Waals surface area contributed by atoms with Crippen molar-refractivity contribution in [2.45, 2.75) is 19.4 Å². The summed E-state index contributed by atoms with van der Waals surface area (Å²) < 4.78 is 0. The van der Waals surface area contributed by atoms with Crippen LogP contribution in [0.5, 0.6) is 0 Å². The van der Waals surface area contributed by atoms with Crippen LogP contribution < -0.4 is 5.32 Å². The van der Waals surface area contributed by atoms with Crippen LogP contribution in [0.15, 0.2) is 48.5 Å². The van der Waals surface area contributed by atoms with Gasteiger partial charge < -0.3 is 10.4 Å². The van der Waals surface area contributed by atoms with Crippen molar-refractivity contribution in [3.8, 4) is 6.07 Å². The van der Waals surface area contributed by atoms with E-state index in [2.05, 4.69) is 10.3 Å². The van der Waals surface area contributed by atoms with E-state index in [4.69, 9.17) is 5.26 Å². The Hall–Kier alpha value is -3.46. The number of para-hydroxylation sites is 2. The second-order valence-corrected chi connectivity index (χ2v) is 6.15. The number of aliphatic carboxylic acids is 1.